The summed E-state index contributed by atoms with van der Waals surface area (Å²) in [7, 11) is 0. The van der Waals surface area contributed by atoms with Crippen LogP contribution in [0.25, 0.3) is 0 Å². The predicted molar refractivity (Wildman–Crippen MR) is 69.0 cm³/mol. The van der Waals surface area contributed by atoms with Crippen LogP contribution in [0.2, 0.25) is 0 Å². The summed E-state index contributed by atoms with van der Waals surface area (Å²) >= 11 is 0. The Morgan fingerprint density at radius 2 is 1.94 bits per heavy atom. The SMILES string of the molecule is Cl.NC1(C(=O)NCC(O)C2CCCCC2)CC1. The smallest absolute Gasteiger partial charge is 0.240 e. The first kappa shape index (κ1) is 14.7. The van der Waals surface area contributed by atoms with Gasteiger partial charge in [0.15, 0.2) is 0 Å². The lowest BCUT2D eigenvalue weighted by molar-refractivity contribution is -0.123. The Balaban J connectivity index is 0.00000144. The number of carbonyl (C=O) groups is 1. The number of nitrogens with two attached hydrogens (primary N) is 1. The van der Waals surface area contributed by atoms with E-state index in [0.717, 1.165) is 25.7 Å². The number of amides is 1. The van der Waals surface area contributed by atoms with Crippen LogP contribution in [0.1, 0.15) is 44.9 Å². The number of nitrogens with one attached hydrogen (secondary N) is 1. The van der Waals surface area contributed by atoms with Crippen molar-refractivity contribution >= 4 is 18.3 Å². The molecule has 4 N–H and O–H groups in total. The molecule has 0 aliphatic heterocycles. The second kappa shape index (κ2) is 6.03. The lowest BCUT2D eigenvalue weighted by Crippen LogP contribution is -2.46. The lowest BCUT2D eigenvalue weighted by atomic mass is 9.85. The second-order valence-corrected chi connectivity index (χ2v) is 5.33. The van der Waals surface area contributed by atoms with Gasteiger partial charge in [0.25, 0.3) is 0 Å². The van der Waals surface area contributed by atoms with E-state index in [-0.39, 0.29) is 18.3 Å². The molecule has 5 heteroatoms. The normalized spacial score (nSPS) is 24.6. The van der Waals surface area contributed by atoms with Gasteiger partial charge >= 0.3 is 0 Å². The van der Waals surface area contributed by atoms with E-state index in [1.165, 1.54) is 19.3 Å². The Kier molecular flexibility index (Phi) is 5.22. The minimum Gasteiger partial charge on any atom is -0.391 e. The highest BCUT2D eigenvalue weighted by molar-refractivity contribution is 5.88. The Morgan fingerprint density at radius 3 is 2.47 bits per heavy atom. The highest BCUT2D eigenvalue weighted by atomic mass is 35.5. The van der Waals surface area contributed by atoms with Gasteiger partial charge in [0.2, 0.25) is 5.91 Å². The summed E-state index contributed by atoms with van der Waals surface area (Å²) in [6, 6.07) is 0. The second-order valence-electron chi connectivity index (χ2n) is 5.33. The van der Waals surface area contributed by atoms with Crippen LogP contribution in [-0.4, -0.2) is 29.2 Å². The number of hydrogen-bond acceptors (Lipinski definition) is 3. The third-order valence-electron chi connectivity index (χ3n) is 3.91. The van der Waals surface area contributed by atoms with Gasteiger partial charge in [0, 0.05) is 6.54 Å². The van der Waals surface area contributed by atoms with Crippen LogP contribution >= 0.6 is 12.4 Å². The third-order valence-corrected chi connectivity index (χ3v) is 3.91. The van der Waals surface area contributed by atoms with E-state index in [2.05, 4.69) is 5.32 Å². The number of halogens is 1. The molecule has 0 radical (unpaired) electrons. The van der Waals surface area contributed by atoms with Crippen molar-refractivity contribution in [3.05, 3.63) is 0 Å². The van der Waals surface area contributed by atoms with E-state index < -0.39 is 11.6 Å². The van der Waals surface area contributed by atoms with Crippen molar-refractivity contribution in [3.8, 4) is 0 Å². The molecule has 2 aliphatic rings. The molecule has 0 spiro atoms. The minimum atomic E-state index is -0.619. The van der Waals surface area contributed by atoms with Gasteiger partial charge in [0.1, 0.15) is 0 Å². The van der Waals surface area contributed by atoms with Gasteiger partial charge < -0.3 is 16.2 Å². The number of carbonyl (C=O) groups excluding carboxylic acids is 1. The summed E-state index contributed by atoms with van der Waals surface area (Å²) in [6.07, 6.45) is 7.02. The molecule has 1 amide bonds. The van der Waals surface area contributed by atoms with Crippen molar-refractivity contribution in [1.82, 2.24) is 5.32 Å². The summed E-state index contributed by atoms with van der Waals surface area (Å²) in [5.41, 5.74) is 5.14. The highest BCUT2D eigenvalue weighted by Crippen LogP contribution is 2.32. The van der Waals surface area contributed by atoms with Crippen LogP contribution < -0.4 is 11.1 Å². The average molecular weight is 263 g/mol. The fourth-order valence-electron chi connectivity index (χ4n) is 2.42. The molecular weight excluding hydrogens is 240 g/mol. The van der Waals surface area contributed by atoms with Crippen LogP contribution in [0.5, 0.6) is 0 Å². The fraction of sp³-hybridized carbons (Fsp3) is 0.917. The zero-order valence-electron chi connectivity index (χ0n) is 10.2. The molecule has 2 rings (SSSR count). The predicted octanol–water partition coefficient (Wildman–Crippen LogP) is 0.957. The standard InChI is InChI=1S/C12H22N2O2.ClH/c13-12(6-7-12)11(16)14-8-10(15)9-4-2-1-3-5-9;/h9-10,15H,1-8,13H2,(H,14,16);1H. The largest absolute Gasteiger partial charge is 0.391 e. The Labute approximate surface area is 109 Å². The highest BCUT2D eigenvalue weighted by Gasteiger charge is 2.45. The third kappa shape index (κ3) is 3.83. The summed E-state index contributed by atoms with van der Waals surface area (Å²) in [5, 5.41) is 12.7. The first-order chi connectivity index (χ1) is 7.62. The lowest BCUT2D eigenvalue weighted by Gasteiger charge is -2.27. The molecule has 0 aromatic rings. The summed E-state index contributed by atoms with van der Waals surface area (Å²) in [5.74, 6) is 0.268. The van der Waals surface area contributed by atoms with E-state index in [1.54, 1.807) is 0 Å². The van der Waals surface area contributed by atoms with Crippen LogP contribution in [0.4, 0.5) is 0 Å². The van der Waals surface area contributed by atoms with E-state index in [1.807, 2.05) is 0 Å². The number of aliphatic hydroxyl groups excluding tert-OH is 1. The molecule has 0 aromatic carbocycles. The van der Waals surface area contributed by atoms with Gasteiger partial charge in [-0.05, 0) is 31.6 Å². The van der Waals surface area contributed by atoms with Gasteiger partial charge in [0.05, 0.1) is 11.6 Å². The summed E-state index contributed by atoms with van der Waals surface area (Å²) in [4.78, 5) is 11.6. The number of rotatable bonds is 4. The number of hydrogen-bond donors (Lipinski definition) is 3. The molecule has 2 aliphatic carbocycles. The number of aliphatic hydroxyl groups is 1. The maximum atomic E-state index is 11.6. The van der Waals surface area contributed by atoms with Crippen molar-refractivity contribution in [2.45, 2.75) is 56.6 Å². The maximum Gasteiger partial charge on any atom is 0.240 e. The minimum absolute atomic E-state index is 0. The van der Waals surface area contributed by atoms with Crippen molar-refractivity contribution in [2.75, 3.05) is 6.54 Å². The molecule has 100 valence electrons. The molecule has 4 nitrogen and oxygen atoms in total. The van der Waals surface area contributed by atoms with Gasteiger partial charge in [-0.1, -0.05) is 19.3 Å². The van der Waals surface area contributed by atoms with Gasteiger partial charge in [-0.3, -0.25) is 4.79 Å². The molecule has 0 heterocycles. The molecule has 1 atom stereocenters. The zero-order chi connectivity index (χ0) is 11.6. The first-order valence-corrected chi connectivity index (χ1v) is 6.37. The zero-order valence-corrected chi connectivity index (χ0v) is 11.0. The van der Waals surface area contributed by atoms with E-state index in [4.69, 9.17) is 5.73 Å². The first-order valence-electron chi connectivity index (χ1n) is 6.37. The molecule has 0 bridgehead atoms. The summed E-state index contributed by atoms with van der Waals surface area (Å²) in [6.45, 7) is 0.364. The Morgan fingerprint density at radius 1 is 1.35 bits per heavy atom. The fourth-order valence-corrected chi connectivity index (χ4v) is 2.42. The van der Waals surface area contributed by atoms with Crippen molar-refractivity contribution in [1.29, 1.82) is 0 Å². The average Bonchev–Trinajstić information content (AvgIpc) is 3.06. The van der Waals surface area contributed by atoms with Crippen molar-refractivity contribution < 1.29 is 9.90 Å². The monoisotopic (exact) mass is 262 g/mol. The quantitative estimate of drug-likeness (QED) is 0.706. The van der Waals surface area contributed by atoms with Crippen LogP contribution in [0, 0.1) is 5.92 Å². The Hall–Kier alpha value is -0.320. The van der Waals surface area contributed by atoms with E-state index in [0.29, 0.717) is 12.5 Å². The molecule has 0 aromatic heterocycles. The topological polar surface area (TPSA) is 75.4 Å². The van der Waals surface area contributed by atoms with Crippen LogP contribution in [-0.2, 0) is 4.79 Å². The van der Waals surface area contributed by atoms with Crippen LogP contribution in [0.3, 0.4) is 0 Å². The van der Waals surface area contributed by atoms with Gasteiger partial charge in [-0.2, -0.15) is 0 Å². The molecule has 0 saturated heterocycles. The molecular formula is C12H23ClN2O2. The molecule has 2 saturated carbocycles. The van der Waals surface area contributed by atoms with E-state index >= 15 is 0 Å². The van der Waals surface area contributed by atoms with E-state index in [9.17, 15) is 9.90 Å². The van der Waals surface area contributed by atoms with Gasteiger partial charge in [-0.15, -0.1) is 12.4 Å². The maximum absolute atomic E-state index is 11.6. The van der Waals surface area contributed by atoms with Gasteiger partial charge in [-0.25, -0.2) is 0 Å². The van der Waals surface area contributed by atoms with Crippen molar-refractivity contribution in [2.24, 2.45) is 11.7 Å². The Bertz CT molecular complexity index is 263. The molecule has 17 heavy (non-hydrogen) atoms. The molecule has 2 fully saturated rings. The summed E-state index contributed by atoms with van der Waals surface area (Å²) < 4.78 is 0. The van der Waals surface area contributed by atoms with Crippen LogP contribution in [0.15, 0.2) is 0 Å². The molecule has 1 unspecified atom stereocenters. The van der Waals surface area contributed by atoms with Crippen molar-refractivity contribution in [3.63, 3.8) is 0 Å².